The lowest BCUT2D eigenvalue weighted by Gasteiger charge is -2.03. The van der Waals surface area contributed by atoms with Gasteiger partial charge in [0, 0.05) is 11.1 Å². The number of nitrogens with one attached hydrogen (secondary N) is 2. The molecule has 0 saturated carbocycles. The van der Waals surface area contributed by atoms with Crippen LogP contribution in [0.25, 0.3) is 33.9 Å². The van der Waals surface area contributed by atoms with Crippen LogP contribution in [0.15, 0.2) is 78.9 Å². The van der Waals surface area contributed by atoms with Crippen LogP contribution in [0.4, 0.5) is 0 Å². The monoisotopic (exact) mass is 357 g/mol. The molecular weight excluding hydrogens is 336 g/mol. The van der Waals surface area contributed by atoms with Crippen LogP contribution < -0.4 is 14.5 Å². The summed E-state index contributed by atoms with van der Waals surface area (Å²) in [5.74, 6) is 2.64. The van der Waals surface area contributed by atoms with Gasteiger partial charge in [0.05, 0.1) is 19.8 Å². The van der Waals surface area contributed by atoms with Crippen LogP contribution in [0.3, 0.4) is 0 Å². The average Bonchev–Trinajstić information content (AvgIpc) is 3.20. The SMILES string of the molecule is COc1ccc(-c2[nH]c(-c3ccccc3)[nH+]c2-c2ccc(OC)cc2)cc1. The second-order valence-corrected chi connectivity index (χ2v) is 6.20. The van der Waals surface area contributed by atoms with Gasteiger partial charge in [0.15, 0.2) is 11.4 Å². The molecule has 2 N–H and O–H groups in total. The van der Waals surface area contributed by atoms with E-state index in [1.165, 1.54) is 0 Å². The molecular formula is C23H21N2O2+. The van der Waals surface area contributed by atoms with Crippen LogP contribution in [0.2, 0.25) is 0 Å². The maximum Gasteiger partial charge on any atom is 0.285 e. The zero-order chi connectivity index (χ0) is 18.6. The van der Waals surface area contributed by atoms with Gasteiger partial charge in [0.2, 0.25) is 0 Å². The van der Waals surface area contributed by atoms with E-state index >= 15 is 0 Å². The van der Waals surface area contributed by atoms with Gasteiger partial charge in [-0.15, -0.1) is 0 Å². The highest BCUT2D eigenvalue weighted by Crippen LogP contribution is 2.31. The van der Waals surface area contributed by atoms with E-state index in [9.17, 15) is 0 Å². The number of aromatic nitrogens is 2. The van der Waals surface area contributed by atoms with Crippen molar-refractivity contribution in [2.24, 2.45) is 0 Å². The van der Waals surface area contributed by atoms with E-state index in [0.29, 0.717) is 0 Å². The molecule has 0 aliphatic carbocycles. The third-order valence-corrected chi connectivity index (χ3v) is 4.57. The molecule has 4 rings (SSSR count). The lowest BCUT2D eigenvalue weighted by atomic mass is 10.0. The maximum atomic E-state index is 5.29. The first-order valence-corrected chi connectivity index (χ1v) is 8.78. The number of benzene rings is 3. The topological polar surface area (TPSA) is 48.4 Å². The molecule has 0 atom stereocenters. The van der Waals surface area contributed by atoms with Gasteiger partial charge < -0.3 is 9.47 Å². The van der Waals surface area contributed by atoms with E-state index in [1.807, 2.05) is 42.5 Å². The third-order valence-electron chi connectivity index (χ3n) is 4.57. The van der Waals surface area contributed by atoms with Crippen LogP contribution in [0.1, 0.15) is 0 Å². The second-order valence-electron chi connectivity index (χ2n) is 6.20. The smallest absolute Gasteiger partial charge is 0.285 e. The maximum absolute atomic E-state index is 5.29. The summed E-state index contributed by atoms with van der Waals surface area (Å²) in [4.78, 5) is 7.10. The minimum Gasteiger partial charge on any atom is -0.497 e. The van der Waals surface area contributed by atoms with Gasteiger partial charge >= 0.3 is 0 Å². The molecule has 4 nitrogen and oxygen atoms in total. The molecule has 4 heteroatoms. The Balaban J connectivity index is 1.85. The van der Waals surface area contributed by atoms with Gasteiger partial charge in [0.1, 0.15) is 11.5 Å². The van der Waals surface area contributed by atoms with Gasteiger partial charge in [-0.2, -0.15) is 0 Å². The van der Waals surface area contributed by atoms with Crippen LogP contribution >= 0.6 is 0 Å². The molecule has 1 heterocycles. The highest BCUT2D eigenvalue weighted by molar-refractivity contribution is 5.78. The fourth-order valence-corrected chi connectivity index (χ4v) is 3.10. The van der Waals surface area contributed by atoms with Crippen molar-refractivity contribution in [3.63, 3.8) is 0 Å². The lowest BCUT2D eigenvalue weighted by Crippen LogP contribution is -2.05. The normalized spacial score (nSPS) is 10.6. The number of imidazole rings is 1. The van der Waals surface area contributed by atoms with Crippen molar-refractivity contribution in [1.82, 2.24) is 4.98 Å². The molecule has 134 valence electrons. The molecule has 0 bridgehead atoms. The molecule has 27 heavy (non-hydrogen) atoms. The summed E-state index contributed by atoms with van der Waals surface area (Å²) in [7, 11) is 3.35. The first-order chi connectivity index (χ1) is 13.3. The number of rotatable bonds is 5. The number of H-pyrrole nitrogens is 2. The summed E-state index contributed by atoms with van der Waals surface area (Å²) in [6, 6.07) is 26.3. The molecule has 3 aromatic carbocycles. The van der Waals surface area contributed by atoms with E-state index < -0.39 is 0 Å². The highest BCUT2D eigenvalue weighted by Gasteiger charge is 2.21. The number of aromatic amines is 2. The van der Waals surface area contributed by atoms with Crippen LogP contribution in [-0.4, -0.2) is 19.2 Å². The molecule has 0 radical (unpaired) electrons. The Kier molecular flexibility index (Phi) is 4.62. The van der Waals surface area contributed by atoms with Gasteiger partial charge in [0.25, 0.3) is 5.82 Å². The molecule has 1 aromatic heterocycles. The fourth-order valence-electron chi connectivity index (χ4n) is 3.10. The van der Waals surface area contributed by atoms with Crippen molar-refractivity contribution in [3.8, 4) is 45.4 Å². The zero-order valence-corrected chi connectivity index (χ0v) is 15.3. The van der Waals surface area contributed by atoms with E-state index in [2.05, 4.69) is 46.4 Å². The van der Waals surface area contributed by atoms with Crippen LogP contribution in [0, 0.1) is 0 Å². The van der Waals surface area contributed by atoms with Crippen molar-refractivity contribution < 1.29 is 14.5 Å². The number of hydrogen-bond donors (Lipinski definition) is 1. The molecule has 0 amide bonds. The van der Waals surface area contributed by atoms with Gasteiger partial charge in [-0.05, 0) is 60.7 Å². The first-order valence-electron chi connectivity index (χ1n) is 8.78. The Morgan fingerprint density at radius 2 is 1.19 bits per heavy atom. The molecule has 0 aliphatic rings. The van der Waals surface area contributed by atoms with Crippen molar-refractivity contribution in [2.45, 2.75) is 0 Å². The summed E-state index contributed by atoms with van der Waals surface area (Å²) in [5, 5.41) is 0. The molecule has 0 saturated heterocycles. The van der Waals surface area contributed by atoms with Crippen molar-refractivity contribution in [3.05, 3.63) is 78.9 Å². The molecule has 0 spiro atoms. The molecule has 4 aromatic rings. The fraction of sp³-hybridized carbons (Fsp3) is 0.0870. The molecule has 0 unspecified atom stereocenters. The van der Waals surface area contributed by atoms with Gasteiger partial charge in [-0.3, -0.25) is 0 Å². The quantitative estimate of drug-likeness (QED) is 0.555. The largest absolute Gasteiger partial charge is 0.497 e. The van der Waals surface area contributed by atoms with E-state index in [4.69, 9.17) is 9.47 Å². The minimum absolute atomic E-state index is 0.837. The van der Waals surface area contributed by atoms with Crippen molar-refractivity contribution >= 4 is 0 Å². The van der Waals surface area contributed by atoms with E-state index in [1.54, 1.807) is 14.2 Å². The van der Waals surface area contributed by atoms with E-state index in [0.717, 1.165) is 45.4 Å². The first kappa shape index (κ1) is 16.9. The predicted octanol–water partition coefficient (Wildman–Crippen LogP) is 4.85. The number of ether oxygens (including phenoxy) is 2. The Bertz CT molecular complexity index is 955. The second kappa shape index (κ2) is 7.38. The Hall–Kier alpha value is -3.53. The Labute approximate surface area is 158 Å². The van der Waals surface area contributed by atoms with Gasteiger partial charge in [-0.25, -0.2) is 9.97 Å². The number of methoxy groups -OCH3 is 2. The minimum atomic E-state index is 0.837. The average molecular weight is 357 g/mol. The van der Waals surface area contributed by atoms with Gasteiger partial charge in [-0.1, -0.05) is 18.2 Å². The summed E-state index contributed by atoms with van der Waals surface area (Å²) in [6.45, 7) is 0. The van der Waals surface area contributed by atoms with E-state index in [-0.39, 0.29) is 0 Å². The van der Waals surface area contributed by atoms with Crippen LogP contribution in [0.5, 0.6) is 11.5 Å². The van der Waals surface area contributed by atoms with Crippen LogP contribution in [-0.2, 0) is 0 Å². The molecule has 0 fully saturated rings. The third kappa shape index (κ3) is 3.42. The van der Waals surface area contributed by atoms with Crippen molar-refractivity contribution in [2.75, 3.05) is 14.2 Å². The predicted molar refractivity (Wildman–Crippen MR) is 107 cm³/mol. The summed E-state index contributed by atoms with van der Waals surface area (Å²) < 4.78 is 10.6. The lowest BCUT2D eigenvalue weighted by molar-refractivity contribution is -0.349. The molecule has 0 aliphatic heterocycles. The highest BCUT2D eigenvalue weighted by atomic mass is 16.5. The number of hydrogen-bond acceptors (Lipinski definition) is 2. The summed E-state index contributed by atoms with van der Waals surface area (Å²) >= 11 is 0. The van der Waals surface area contributed by atoms with Crippen molar-refractivity contribution in [1.29, 1.82) is 0 Å². The Morgan fingerprint density at radius 3 is 1.74 bits per heavy atom. The summed E-state index contributed by atoms with van der Waals surface area (Å²) in [6.07, 6.45) is 0. The zero-order valence-electron chi connectivity index (χ0n) is 15.3. The standard InChI is InChI=1S/C23H20N2O2/c1-26-19-12-8-16(9-13-19)21-22(17-10-14-20(27-2)15-11-17)25-23(24-21)18-6-4-3-5-7-18/h3-15H,1-2H3,(H,24,25)/p+1. The Morgan fingerprint density at radius 1 is 0.630 bits per heavy atom. The summed E-state index contributed by atoms with van der Waals surface area (Å²) in [5.41, 5.74) is 5.33.